The third-order valence-corrected chi connectivity index (χ3v) is 3.24. The first kappa shape index (κ1) is 16.1. The average molecular weight is 321 g/mol. The van der Waals surface area contributed by atoms with E-state index in [0.29, 0.717) is 42.3 Å². The summed E-state index contributed by atoms with van der Waals surface area (Å²) in [7, 11) is 0. The number of carbonyl (C=O) groups is 2. The van der Waals surface area contributed by atoms with Crippen LogP contribution in [-0.2, 0) is 11.3 Å². The molecule has 1 heterocycles. The topological polar surface area (TPSA) is 71.3 Å². The zero-order chi connectivity index (χ0) is 15.8. The summed E-state index contributed by atoms with van der Waals surface area (Å²) in [6, 6.07) is 10.3. The first-order valence-electron chi connectivity index (χ1n) is 6.95. The highest BCUT2D eigenvalue weighted by Crippen LogP contribution is 2.11. The van der Waals surface area contributed by atoms with Gasteiger partial charge in [-0.25, -0.2) is 0 Å². The second-order valence-electron chi connectivity index (χ2n) is 4.68. The summed E-state index contributed by atoms with van der Waals surface area (Å²) in [5, 5.41) is 5.51. The number of carbonyl (C=O) groups excluding carboxylic acids is 2. The Kier molecular flexibility index (Phi) is 6.03. The Labute approximate surface area is 133 Å². The van der Waals surface area contributed by atoms with Gasteiger partial charge in [0.1, 0.15) is 5.76 Å². The molecule has 2 N–H and O–H groups in total. The zero-order valence-electron chi connectivity index (χ0n) is 12.0. The number of alkyl halides is 1. The van der Waals surface area contributed by atoms with E-state index >= 15 is 0 Å². The van der Waals surface area contributed by atoms with E-state index < -0.39 is 0 Å². The van der Waals surface area contributed by atoms with Gasteiger partial charge in [0.15, 0.2) is 0 Å². The molecule has 0 unspecified atom stereocenters. The maximum atomic E-state index is 12.0. The summed E-state index contributed by atoms with van der Waals surface area (Å²) in [5.74, 6) is 0.867. The lowest BCUT2D eigenvalue weighted by atomic mass is 10.2. The van der Waals surface area contributed by atoms with Gasteiger partial charge in [0.2, 0.25) is 5.91 Å². The van der Waals surface area contributed by atoms with E-state index in [2.05, 4.69) is 10.6 Å². The number of benzene rings is 1. The highest BCUT2D eigenvalue weighted by atomic mass is 35.5. The van der Waals surface area contributed by atoms with Gasteiger partial charge in [0.05, 0.1) is 12.8 Å². The van der Waals surface area contributed by atoms with Crippen molar-refractivity contribution in [3.8, 4) is 0 Å². The average Bonchev–Trinajstić information content (AvgIpc) is 3.05. The van der Waals surface area contributed by atoms with Crippen molar-refractivity contribution in [3.63, 3.8) is 0 Å². The van der Waals surface area contributed by atoms with Gasteiger partial charge in [0, 0.05) is 23.6 Å². The van der Waals surface area contributed by atoms with Crippen LogP contribution in [0.15, 0.2) is 47.1 Å². The fourth-order valence-corrected chi connectivity index (χ4v) is 1.97. The Morgan fingerprint density at radius 3 is 2.55 bits per heavy atom. The van der Waals surface area contributed by atoms with Crippen LogP contribution >= 0.6 is 11.6 Å². The van der Waals surface area contributed by atoms with Gasteiger partial charge in [-0.3, -0.25) is 9.59 Å². The maximum Gasteiger partial charge on any atom is 0.251 e. The number of nitrogens with one attached hydrogen (secondary N) is 2. The lowest BCUT2D eigenvalue weighted by Crippen LogP contribution is -2.22. The number of anilines is 1. The summed E-state index contributed by atoms with van der Waals surface area (Å²) < 4.78 is 5.14. The van der Waals surface area contributed by atoms with Crippen molar-refractivity contribution in [2.45, 2.75) is 19.4 Å². The highest BCUT2D eigenvalue weighted by molar-refractivity contribution is 6.18. The standard InChI is InChI=1S/C16H17ClN2O3/c17-9-1-4-15(20)19-13-7-5-12(6-8-13)16(21)18-11-14-3-2-10-22-14/h2-3,5-8,10H,1,4,9,11H2,(H,18,21)(H,19,20). The number of halogens is 1. The lowest BCUT2D eigenvalue weighted by molar-refractivity contribution is -0.116. The molecule has 0 radical (unpaired) electrons. The molecule has 1 aromatic carbocycles. The molecule has 0 aliphatic rings. The van der Waals surface area contributed by atoms with Crippen LogP contribution < -0.4 is 10.6 Å². The fraction of sp³-hybridized carbons (Fsp3) is 0.250. The Bertz CT molecular complexity index is 609. The van der Waals surface area contributed by atoms with E-state index in [1.165, 1.54) is 0 Å². The second-order valence-corrected chi connectivity index (χ2v) is 5.06. The number of hydrogen-bond acceptors (Lipinski definition) is 3. The number of hydrogen-bond donors (Lipinski definition) is 2. The Hall–Kier alpha value is -2.27. The molecule has 0 bridgehead atoms. The molecule has 1 aromatic heterocycles. The lowest BCUT2D eigenvalue weighted by Gasteiger charge is -2.06. The molecule has 0 aliphatic heterocycles. The molecule has 0 aliphatic carbocycles. The van der Waals surface area contributed by atoms with E-state index in [1.807, 2.05) is 0 Å². The predicted molar refractivity (Wildman–Crippen MR) is 84.9 cm³/mol. The monoisotopic (exact) mass is 320 g/mol. The molecule has 0 saturated heterocycles. The van der Waals surface area contributed by atoms with E-state index in [4.69, 9.17) is 16.0 Å². The molecule has 5 nitrogen and oxygen atoms in total. The third kappa shape index (κ3) is 4.93. The Morgan fingerprint density at radius 1 is 1.14 bits per heavy atom. The molecular weight excluding hydrogens is 304 g/mol. The maximum absolute atomic E-state index is 12.0. The molecule has 116 valence electrons. The molecule has 0 fully saturated rings. The van der Waals surface area contributed by atoms with E-state index in [0.717, 1.165) is 0 Å². The van der Waals surface area contributed by atoms with Crippen LogP contribution in [0.3, 0.4) is 0 Å². The van der Waals surface area contributed by atoms with Crippen LogP contribution in [0.2, 0.25) is 0 Å². The molecule has 0 saturated carbocycles. The highest BCUT2D eigenvalue weighted by Gasteiger charge is 2.07. The minimum atomic E-state index is -0.198. The summed E-state index contributed by atoms with van der Waals surface area (Å²) >= 11 is 5.54. The van der Waals surface area contributed by atoms with Crippen molar-refractivity contribution >= 4 is 29.1 Å². The van der Waals surface area contributed by atoms with Crippen molar-refractivity contribution in [1.29, 1.82) is 0 Å². The Morgan fingerprint density at radius 2 is 1.91 bits per heavy atom. The molecule has 0 spiro atoms. The largest absolute Gasteiger partial charge is 0.467 e. The zero-order valence-corrected chi connectivity index (χ0v) is 12.7. The molecule has 2 aromatic rings. The van der Waals surface area contributed by atoms with Gasteiger partial charge < -0.3 is 15.1 Å². The fourth-order valence-electron chi connectivity index (χ4n) is 1.84. The van der Waals surface area contributed by atoms with E-state index in [-0.39, 0.29) is 11.8 Å². The van der Waals surface area contributed by atoms with Gasteiger partial charge in [-0.05, 0) is 42.8 Å². The van der Waals surface area contributed by atoms with Crippen LogP contribution in [0.4, 0.5) is 5.69 Å². The summed E-state index contributed by atoms with van der Waals surface area (Å²) in [6.45, 7) is 0.336. The first-order valence-corrected chi connectivity index (χ1v) is 7.49. The summed E-state index contributed by atoms with van der Waals surface area (Å²) in [4.78, 5) is 23.5. The van der Waals surface area contributed by atoms with Crippen molar-refractivity contribution in [2.24, 2.45) is 0 Å². The Balaban J connectivity index is 1.85. The van der Waals surface area contributed by atoms with Crippen molar-refractivity contribution < 1.29 is 14.0 Å². The van der Waals surface area contributed by atoms with E-state index in [1.54, 1.807) is 42.7 Å². The number of furan rings is 1. The summed E-state index contributed by atoms with van der Waals surface area (Å²) in [5.41, 5.74) is 1.17. The number of rotatable bonds is 7. The van der Waals surface area contributed by atoms with Gasteiger partial charge in [-0.15, -0.1) is 11.6 Å². The minimum absolute atomic E-state index is 0.0873. The molecule has 2 rings (SSSR count). The van der Waals surface area contributed by atoms with Crippen LogP contribution in [-0.4, -0.2) is 17.7 Å². The van der Waals surface area contributed by atoms with Crippen LogP contribution in [0.25, 0.3) is 0 Å². The van der Waals surface area contributed by atoms with Gasteiger partial charge in [-0.2, -0.15) is 0 Å². The first-order chi connectivity index (χ1) is 10.7. The van der Waals surface area contributed by atoms with Crippen LogP contribution in [0, 0.1) is 0 Å². The van der Waals surface area contributed by atoms with Gasteiger partial charge >= 0.3 is 0 Å². The normalized spacial score (nSPS) is 10.2. The van der Waals surface area contributed by atoms with Gasteiger partial charge in [-0.1, -0.05) is 0 Å². The van der Waals surface area contributed by atoms with Crippen LogP contribution in [0.5, 0.6) is 0 Å². The van der Waals surface area contributed by atoms with Crippen molar-refractivity contribution in [2.75, 3.05) is 11.2 Å². The number of amides is 2. The third-order valence-electron chi connectivity index (χ3n) is 2.97. The molecule has 6 heteroatoms. The van der Waals surface area contributed by atoms with Gasteiger partial charge in [0.25, 0.3) is 5.91 Å². The molecule has 0 atom stereocenters. The van der Waals surface area contributed by atoms with Crippen molar-refractivity contribution in [1.82, 2.24) is 5.32 Å². The minimum Gasteiger partial charge on any atom is -0.467 e. The predicted octanol–water partition coefficient (Wildman–Crippen LogP) is 3.17. The SMILES string of the molecule is O=C(CCCCl)Nc1ccc(C(=O)NCc2ccco2)cc1. The summed E-state index contributed by atoms with van der Waals surface area (Å²) in [6.07, 6.45) is 2.58. The van der Waals surface area contributed by atoms with Crippen molar-refractivity contribution in [3.05, 3.63) is 54.0 Å². The van der Waals surface area contributed by atoms with E-state index in [9.17, 15) is 9.59 Å². The molecule has 22 heavy (non-hydrogen) atoms. The smallest absolute Gasteiger partial charge is 0.251 e. The molecule has 2 amide bonds. The quantitative estimate of drug-likeness (QED) is 0.770. The molecular formula is C16H17ClN2O3. The second kappa shape index (κ2) is 8.24. The van der Waals surface area contributed by atoms with Crippen LogP contribution in [0.1, 0.15) is 29.0 Å².